The first-order valence-corrected chi connectivity index (χ1v) is 11.1. The van der Waals surface area contributed by atoms with Crippen LogP contribution in [0, 0.1) is 5.92 Å². The highest BCUT2D eigenvalue weighted by atomic mass is 16.5. The van der Waals surface area contributed by atoms with Gasteiger partial charge in [-0.1, -0.05) is 42.5 Å². The molecule has 0 spiro atoms. The number of esters is 1. The van der Waals surface area contributed by atoms with Crippen molar-refractivity contribution in [2.24, 2.45) is 10.9 Å². The Morgan fingerprint density at radius 1 is 1.06 bits per heavy atom. The number of likely N-dealkylation sites (tertiary alicyclic amines) is 1. The van der Waals surface area contributed by atoms with E-state index in [0.29, 0.717) is 13.2 Å². The minimum atomic E-state index is -0.0682. The van der Waals surface area contributed by atoms with Crippen molar-refractivity contribution in [3.8, 4) is 5.75 Å². The van der Waals surface area contributed by atoms with Crippen molar-refractivity contribution in [1.82, 2.24) is 10.2 Å². The summed E-state index contributed by atoms with van der Waals surface area (Å²) in [6.07, 6.45) is 2.52. The topological polar surface area (TPSA) is 63.2 Å². The molecule has 6 nitrogen and oxygen atoms in total. The van der Waals surface area contributed by atoms with Crippen LogP contribution in [0.2, 0.25) is 0 Å². The molecule has 31 heavy (non-hydrogen) atoms. The molecule has 1 heterocycles. The van der Waals surface area contributed by atoms with Crippen molar-refractivity contribution in [3.05, 3.63) is 65.7 Å². The summed E-state index contributed by atoms with van der Waals surface area (Å²) in [4.78, 5) is 18.5. The SMILES string of the molecule is CCOC(=O)C1CCN(C(=NC)NCCc2ccc(OCc3ccccc3)cc2)CC1. The predicted octanol–water partition coefficient (Wildman–Crippen LogP) is 3.66. The van der Waals surface area contributed by atoms with E-state index in [4.69, 9.17) is 9.47 Å². The molecule has 6 heteroatoms. The molecule has 1 aliphatic rings. The van der Waals surface area contributed by atoms with Crippen molar-refractivity contribution < 1.29 is 14.3 Å². The number of ether oxygens (including phenoxy) is 2. The third-order valence-corrected chi connectivity index (χ3v) is 5.49. The molecular weight excluding hydrogens is 390 g/mol. The smallest absolute Gasteiger partial charge is 0.309 e. The lowest BCUT2D eigenvalue weighted by Crippen LogP contribution is -2.47. The lowest BCUT2D eigenvalue weighted by molar-refractivity contribution is -0.149. The zero-order valence-electron chi connectivity index (χ0n) is 18.5. The molecular formula is C25H33N3O3. The molecule has 1 fully saturated rings. The van der Waals surface area contributed by atoms with Crippen molar-refractivity contribution in [3.63, 3.8) is 0 Å². The first kappa shape index (κ1) is 22.7. The molecule has 0 unspecified atom stereocenters. The molecule has 0 bridgehead atoms. The number of benzene rings is 2. The van der Waals surface area contributed by atoms with Gasteiger partial charge < -0.3 is 19.7 Å². The summed E-state index contributed by atoms with van der Waals surface area (Å²) >= 11 is 0. The second-order valence-corrected chi connectivity index (χ2v) is 7.66. The molecule has 0 atom stereocenters. The number of nitrogens with zero attached hydrogens (tertiary/aromatic N) is 2. The summed E-state index contributed by atoms with van der Waals surface area (Å²) in [5.74, 6) is 1.71. The fourth-order valence-corrected chi connectivity index (χ4v) is 3.73. The third-order valence-electron chi connectivity index (χ3n) is 5.49. The highest BCUT2D eigenvalue weighted by Gasteiger charge is 2.27. The summed E-state index contributed by atoms with van der Waals surface area (Å²) in [5.41, 5.74) is 2.41. The Labute approximate surface area is 185 Å². The number of guanidine groups is 1. The van der Waals surface area contributed by atoms with Crippen LogP contribution in [0.25, 0.3) is 0 Å². The Kier molecular flexibility index (Phi) is 8.76. The summed E-state index contributed by atoms with van der Waals surface area (Å²) in [6.45, 7) is 5.30. The first-order valence-electron chi connectivity index (χ1n) is 11.1. The summed E-state index contributed by atoms with van der Waals surface area (Å²) in [6, 6.07) is 18.4. The number of rotatable bonds is 8. The maximum absolute atomic E-state index is 11.9. The van der Waals surface area contributed by atoms with Crippen LogP contribution >= 0.6 is 0 Å². The molecule has 2 aromatic rings. The van der Waals surface area contributed by atoms with Gasteiger partial charge >= 0.3 is 5.97 Å². The largest absolute Gasteiger partial charge is 0.489 e. The predicted molar refractivity (Wildman–Crippen MR) is 123 cm³/mol. The van der Waals surface area contributed by atoms with Crippen molar-refractivity contribution >= 4 is 11.9 Å². The van der Waals surface area contributed by atoms with E-state index in [1.165, 1.54) is 5.56 Å². The van der Waals surface area contributed by atoms with E-state index in [2.05, 4.69) is 39.5 Å². The first-order chi connectivity index (χ1) is 15.2. The van der Waals surface area contributed by atoms with Crippen LogP contribution in [0.1, 0.15) is 30.9 Å². The van der Waals surface area contributed by atoms with E-state index in [9.17, 15) is 4.79 Å². The zero-order chi connectivity index (χ0) is 21.9. The van der Waals surface area contributed by atoms with Gasteiger partial charge in [0.1, 0.15) is 12.4 Å². The number of hydrogen-bond donors (Lipinski definition) is 1. The van der Waals surface area contributed by atoms with Gasteiger partial charge in [0.2, 0.25) is 0 Å². The minimum Gasteiger partial charge on any atom is -0.489 e. The van der Waals surface area contributed by atoms with E-state index < -0.39 is 0 Å². The monoisotopic (exact) mass is 423 g/mol. The summed E-state index contributed by atoms with van der Waals surface area (Å²) in [7, 11) is 1.80. The Hall–Kier alpha value is -3.02. The van der Waals surface area contributed by atoms with Crippen LogP contribution in [-0.2, 0) is 22.6 Å². The Balaban J connectivity index is 1.39. The molecule has 1 aliphatic heterocycles. The van der Waals surface area contributed by atoms with Crippen molar-refractivity contribution in [2.75, 3.05) is 33.3 Å². The van der Waals surface area contributed by atoms with Gasteiger partial charge in [-0.25, -0.2) is 0 Å². The number of piperidine rings is 1. The molecule has 3 rings (SSSR count). The second kappa shape index (κ2) is 12.0. The van der Waals surface area contributed by atoms with Gasteiger partial charge in [-0.2, -0.15) is 0 Å². The number of nitrogens with one attached hydrogen (secondary N) is 1. The molecule has 0 amide bonds. The molecule has 0 saturated carbocycles. The van der Waals surface area contributed by atoms with E-state index in [-0.39, 0.29) is 11.9 Å². The highest BCUT2D eigenvalue weighted by Crippen LogP contribution is 2.19. The van der Waals surface area contributed by atoms with Crippen molar-refractivity contribution in [1.29, 1.82) is 0 Å². The van der Waals surface area contributed by atoms with Gasteiger partial charge in [0.15, 0.2) is 5.96 Å². The molecule has 1 saturated heterocycles. The van der Waals surface area contributed by atoms with Crippen molar-refractivity contribution in [2.45, 2.75) is 32.8 Å². The quantitative estimate of drug-likeness (QED) is 0.399. The number of aliphatic imine (C=N–C) groups is 1. The Morgan fingerprint density at radius 3 is 2.42 bits per heavy atom. The van der Waals surface area contributed by atoms with Crippen LogP contribution in [0.3, 0.4) is 0 Å². The molecule has 2 aromatic carbocycles. The van der Waals surface area contributed by atoms with E-state index in [1.807, 2.05) is 37.3 Å². The number of carbonyl (C=O) groups is 1. The molecule has 166 valence electrons. The van der Waals surface area contributed by atoms with Gasteiger partial charge in [-0.3, -0.25) is 9.79 Å². The normalized spacial score (nSPS) is 14.9. The van der Waals surface area contributed by atoms with Crippen LogP contribution in [0.4, 0.5) is 0 Å². The minimum absolute atomic E-state index is 0.0110. The lowest BCUT2D eigenvalue weighted by Gasteiger charge is -2.33. The summed E-state index contributed by atoms with van der Waals surface area (Å²) < 4.78 is 11.0. The van der Waals surface area contributed by atoms with Gasteiger partial charge in [0.25, 0.3) is 0 Å². The number of hydrogen-bond acceptors (Lipinski definition) is 4. The van der Waals surface area contributed by atoms with Crippen LogP contribution in [0.5, 0.6) is 5.75 Å². The Bertz CT molecular complexity index is 829. The van der Waals surface area contributed by atoms with Gasteiger partial charge in [0.05, 0.1) is 12.5 Å². The maximum atomic E-state index is 11.9. The lowest BCUT2D eigenvalue weighted by atomic mass is 9.97. The van der Waals surface area contributed by atoms with E-state index >= 15 is 0 Å². The van der Waals surface area contributed by atoms with Crippen LogP contribution < -0.4 is 10.1 Å². The molecule has 0 aromatic heterocycles. The zero-order valence-corrected chi connectivity index (χ0v) is 18.5. The van der Waals surface area contributed by atoms with E-state index in [0.717, 1.165) is 56.2 Å². The van der Waals surface area contributed by atoms with Gasteiger partial charge in [-0.15, -0.1) is 0 Å². The standard InChI is InChI=1S/C25H33N3O3/c1-3-30-24(29)22-14-17-28(18-15-22)25(26-2)27-16-13-20-9-11-23(12-10-20)31-19-21-7-5-4-6-8-21/h4-12,22H,3,13-19H2,1-2H3,(H,26,27). The maximum Gasteiger partial charge on any atom is 0.309 e. The second-order valence-electron chi connectivity index (χ2n) is 7.66. The average Bonchev–Trinajstić information content (AvgIpc) is 2.82. The molecule has 0 radical (unpaired) electrons. The van der Waals surface area contributed by atoms with Gasteiger partial charge in [-0.05, 0) is 49.4 Å². The van der Waals surface area contributed by atoms with E-state index in [1.54, 1.807) is 7.05 Å². The average molecular weight is 424 g/mol. The fraction of sp³-hybridized carbons (Fsp3) is 0.440. The van der Waals surface area contributed by atoms with Crippen LogP contribution in [-0.4, -0.2) is 50.1 Å². The van der Waals surface area contributed by atoms with Crippen LogP contribution in [0.15, 0.2) is 59.6 Å². The molecule has 1 N–H and O–H groups in total. The number of carbonyl (C=O) groups excluding carboxylic acids is 1. The third kappa shape index (κ3) is 7.02. The highest BCUT2D eigenvalue weighted by molar-refractivity contribution is 5.80. The fourth-order valence-electron chi connectivity index (χ4n) is 3.73. The van der Waals surface area contributed by atoms with Gasteiger partial charge in [0, 0.05) is 26.7 Å². The summed E-state index contributed by atoms with van der Waals surface area (Å²) in [5, 5.41) is 3.45. The molecule has 0 aliphatic carbocycles. The Morgan fingerprint density at radius 2 is 1.77 bits per heavy atom.